The maximum Gasteiger partial charge on any atom is 0.149 e. The zero-order chi connectivity index (χ0) is 11.0. The van der Waals surface area contributed by atoms with Crippen molar-refractivity contribution in [3.63, 3.8) is 0 Å². The minimum absolute atomic E-state index is 0.111. The van der Waals surface area contributed by atoms with Crippen molar-refractivity contribution < 1.29 is 0 Å². The number of rotatable bonds is 0. The fourth-order valence-electron chi connectivity index (χ4n) is 1.31. The molecule has 1 aromatic carbocycles. The van der Waals surface area contributed by atoms with Crippen molar-refractivity contribution in [2.24, 2.45) is 0 Å². The molecule has 2 aromatic rings. The molecule has 0 bridgehead atoms. The highest BCUT2D eigenvalue weighted by Gasteiger charge is 2.11. The standard InChI is InChI=1S/C10H5Cl2N3/c11-9-6-3-5(14)1-2-8(6)15-10(12)7(9)4-13/h1-3H,14H2. The number of pyridine rings is 1. The first-order valence-electron chi connectivity index (χ1n) is 4.08. The first-order valence-corrected chi connectivity index (χ1v) is 4.83. The number of nitriles is 1. The summed E-state index contributed by atoms with van der Waals surface area (Å²) in [4.78, 5) is 4.05. The van der Waals surface area contributed by atoms with Crippen LogP contribution in [-0.4, -0.2) is 4.98 Å². The number of fused-ring (bicyclic) bond motifs is 1. The first-order chi connectivity index (χ1) is 7.13. The van der Waals surface area contributed by atoms with Gasteiger partial charge in [-0.15, -0.1) is 0 Å². The smallest absolute Gasteiger partial charge is 0.149 e. The molecular weight excluding hydrogens is 233 g/mol. The number of hydrogen-bond donors (Lipinski definition) is 1. The number of aromatic nitrogens is 1. The van der Waals surface area contributed by atoms with Crippen LogP contribution in [0.15, 0.2) is 18.2 Å². The van der Waals surface area contributed by atoms with Gasteiger partial charge < -0.3 is 5.73 Å². The van der Waals surface area contributed by atoms with Crippen molar-refractivity contribution >= 4 is 39.8 Å². The van der Waals surface area contributed by atoms with E-state index >= 15 is 0 Å². The lowest BCUT2D eigenvalue weighted by molar-refractivity contribution is 1.37. The summed E-state index contributed by atoms with van der Waals surface area (Å²) in [5, 5.41) is 9.88. The summed E-state index contributed by atoms with van der Waals surface area (Å²) in [6.07, 6.45) is 0. The van der Waals surface area contributed by atoms with Crippen molar-refractivity contribution in [2.45, 2.75) is 0 Å². The minimum atomic E-state index is 0.111. The highest BCUT2D eigenvalue weighted by atomic mass is 35.5. The van der Waals surface area contributed by atoms with Crippen LogP contribution in [0.3, 0.4) is 0 Å². The van der Waals surface area contributed by atoms with Crippen LogP contribution in [0.2, 0.25) is 10.2 Å². The molecule has 0 saturated heterocycles. The van der Waals surface area contributed by atoms with Gasteiger partial charge in [0.2, 0.25) is 0 Å². The van der Waals surface area contributed by atoms with Gasteiger partial charge in [0.1, 0.15) is 16.8 Å². The fraction of sp³-hybridized carbons (Fsp3) is 0. The Hall–Kier alpha value is -1.50. The van der Waals surface area contributed by atoms with E-state index in [0.717, 1.165) is 0 Å². The third-order valence-electron chi connectivity index (χ3n) is 2.01. The highest BCUT2D eigenvalue weighted by Crippen LogP contribution is 2.31. The monoisotopic (exact) mass is 237 g/mol. The lowest BCUT2D eigenvalue weighted by atomic mass is 10.1. The van der Waals surface area contributed by atoms with E-state index in [4.69, 9.17) is 34.2 Å². The molecule has 74 valence electrons. The predicted octanol–water partition coefficient (Wildman–Crippen LogP) is 3.00. The molecule has 0 saturated carbocycles. The number of nitrogens with zero attached hydrogens (tertiary/aromatic N) is 2. The van der Waals surface area contributed by atoms with E-state index in [1.165, 1.54) is 0 Å². The normalized spacial score (nSPS) is 10.2. The predicted molar refractivity (Wildman–Crippen MR) is 60.9 cm³/mol. The van der Waals surface area contributed by atoms with Crippen LogP contribution in [0.4, 0.5) is 5.69 Å². The van der Waals surface area contributed by atoms with Crippen LogP contribution in [-0.2, 0) is 0 Å². The van der Waals surface area contributed by atoms with E-state index in [-0.39, 0.29) is 10.7 Å². The first kappa shape index (κ1) is 10.0. The molecule has 0 radical (unpaired) electrons. The van der Waals surface area contributed by atoms with Crippen LogP contribution in [0.5, 0.6) is 0 Å². The summed E-state index contributed by atoms with van der Waals surface area (Å²) in [5.41, 5.74) is 6.99. The average molecular weight is 238 g/mol. The Labute approximate surface area is 96.0 Å². The van der Waals surface area contributed by atoms with Gasteiger partial charge in [-0.2, -0.15) is 5.26 Å². The second-order valence-electron chi connectivity index (χ2n) is 2.98. The highest BCUT2D eigenvalue weighted by molar-refractivity contribution is 6.39. The third kappa shape index (κ3) is 1.58. The van der Waals surface area contributed by atoms with Crippen molar-refractivity contribution in [1.82, 2.24) is 4.98 Å². The van der Waals surface area contributed by atoms with Gasteiger partial charge in [-0.05, 0) is 18.2 Å². The van der Waals surface area contributed by atoms with Gasteiger partial charge in [0.15, 0.2) is 0 Å². The van der Waals surface area contributed by atoms with Gasteiger partial charge in [0, 0.05) is 11.1 Å². The van der Waals surface area contributed by atoms with Crippen LogP contribution in [0.1, 0.15) is 5.56 Å². The lowest BCUT2D eigenvalue weighted by Crippen LogP contribution is -1.90. The molecule has 2 rings (SSSR count). The van der Waals surface area contributed by atoms with E-state index < -0.39 is 0 Å². The molecule has 0 aliphatic carbocycles. The van der Waals surface area contributed by atoms with Gasteiger partial charge in [-0.25, -0.2) is 4.98 Å². The van der Waals surface area contributed by atoms with Gasteiger partial charge in [-0.3, -0.25) is 0 Å². The molecule has 15 heavy (non-hydrogen) atoms. The Balaban J connectivity index is 2.94. The maximum absolute atomic E-state index is 8.84. The molecule has 5 heteroatoms. The number of nitrogen functional groups attached to an aromatic ring is 1. The summed E-state index contributed by atoms with van der Waals surface area (Å²) in [6, 6.07) is 6.99. The number of hydrogen-bond acceptors (Lipinski definition) is 3. The summed E-state index contributed by atoms with van der Waals surface area (Å²) < 4.78 is 0. The minimum Gasteiger partial charge on any atom is -0.399 e. The average Bonchev–Trinajstić information content (AvgIpc) is 2.20. The van der Waals surface area contributed by atoms with E-state index in [9.17, 15) is 0 Å². The van der Waals surface area contributed by atoms with E-state index in [1.807, 2.05) is 6.07 Å². The molecule has 1 aromatic heterocycles. The summed E-state index contributed by atoms with van der Waals surface area (Å²) in [7, 11) is 0. The van der Waals surface area contributed by atoms with Gasteiger partial charge >= 0.3 is 0 Å². The summed E-state index contributed by atoms with van der Waals surface area (Å²) in [6.45, 7) is 0. The fourth-order valence-corrected chi connectivity index (χ4v) is 1.87. The molecule has 0 spiro atoms. The molecule has 0 amide bonds. The molecule has 2 N–H and O–H groups in total. The largest absolute Gasteiger partial charge is 0.399 e. The van der Waals surface area contributed by atoms with Crippen molar-refractivity contribution in [3.05, 3.63) is 33.9 Å². The zero-order valence-corrected chi connectivity index (χ0v) is 8.97. The Morgan fingerprint density at radius 3 is 2.73 bits per heavy atom. The number of anilines is 1. The lowest BCUT2D eigenvalue weighted by Gasteiger charge is -2.04. The van der Waals surface area contributed by atoms with E-state index in [2.05, 4.69) is 4.98 Å². The van der Waals surface area contributed by atoms with Gasteiger partial charge in [0.05, 0.1) is 10.5 Å². The maximum atomic E-state index is 8.84. The Morgan fingerprint density at radius 1 is 1.33 bits per heavy atom. The van der Waals surface area contributed by atoms with Crippen LogP contribution < -0.4 is 5.73 Å². The van der Waals surface area contributed by atoms with Crippen LogP contribution in [0, 0.1) is 11.3 Å². The van der Waals surface area contributed by atoms with Crippen molar-refractivity contribution in [1.29, 1.82) is 5.26 Å². The second-order valence-corrected chi connectivity index (χ2v) is 3.72. The molecule has 0 unspecified atom stereocenters. The molecule has 0 atom stereocenters. The van der Waals surface area contributed by atoms with E-state index in [0.29, 0.717) is 21.6 Å². The quantitative estimate of drug-likeness (QED) is 0.566. The Kier molecular flexibility index (Phi) is 2.39. The number of benzene rings is 1. The van der Waals surface area contributed by atoms with Crippen LogP contribution in [0.25, 0.3) is 10.9 Å². The van der Waals surface area contributed by atoms with Gasteiger partial charge in [-0.1, -0.05) is 23.2 Å². The third-order valence-corrected chi connectivity index (χ3v) is 2.68. The molecule has 1 heterocycles. The van der Waals surface area contributed by atoms with E-state index in [1.54, 1.807) is 18.2 Å². The van der Waals surface area contributed by atoms with Crippen molar-refractivity contribution in [2.75, 3.05) is 5.73 Å². The SMILES string of the molecule is N#Cc1c(Cl)nc2ccc(N)cc2c1Cl. The van der Waals surface area contributed by atoms with Crippen LogP contribution >= 0.6 is 23.2 Å². The number of halogens is 2. The molecular formula is C10H5Cl2N3. The summed E-state index contributed by atoms with van der Waals surface area (Å²) in [5.74, 6) is 0. The van der Waals surface area contributed by atoms with Gasteiger partial charge in [0.25, 0.3) is 0 Å². The molecule has 0 aliphatic rings. The Bertz CT molecular complexity index is 587. The van der Waals surface area contributed by atoms with Crippen molar-refractivity contribution in [3.8, 4) is 6.07 Å². The molecule has 3 nitrogen and oxygen atoms in total. The molecule has 0 aliphatic heterocycles. The topological polar surface area (TPSA) is 62.7 Å². The number of nitrogens with two attached hydrogens (primary N) is 1. The molecule has 0 fully saturated rings. The second kappa shape index (κ2) is 3.58. The summed E-state index contributed by atoms with van der Waals surface area (Å²) >= 11 is 11.8. The Morgan fingerprint density at radius 2 is 2.07 bits per heavy atom. The zero-order valence-electron chi connectivity index (χ0n) is 7.46.